The Kier molecular flexibility index (Phi) is 9.82. The molecule has 0 aliphatic carbocycles. The van der Waals surface area contributed by atoms with Gasteiger partial charge < -0.3 is 9.13 Å². The number of hydrogen-bond acceptors (Lipinski definition) is 2. The first-order chi connectivity index (χ1) is 35.7. The lowest BCUT2D eigenvalue weighted by Gasteiger charge is -2.14. The second kappa shape index (κ2) is 17.1. The van der Waals surface area contributed by atoms with E-state index in [0.717, 1.165) is 94.9 Å². The third kappa shape index (κ3) is 7.08. The van der Waals surface area contributed by atoms with Crippen LogP contribution in [-0.2, 0) is 0 Å². The van der Waals surface area contributed by atoms with Gasteiger partial charge in [-0.05, 0) is 124 Å². The molecule has 0 fully saturated rings. The molecule has 14 rings (SSSR count). The van der Waals surface area contributed by atoms with Gasteiger partial charge in [-0.1, -0.05) is 176 Å². The predicted molar refractivity (Wildman–Crippen MR) is 301 cm³/mol. The summed E-state index contributed by atoms with van der Waals surface area (Å²) in [6, 6.07) is 95.8. The normalized spacial score (nSPS) is 11.6. The maximum Gasteiger partial charge on any atom is 0.0716 e. The maximum absolute atomic E-state index is 5.47. The molecule has 4 heteroatoms. The molecule has 0 aliphatic heterocycles. The summed E-state index contributed by atoms with van der Waals surface area (Å²) in [6.07, 6.45) is 0. The second-order valence-electron chi connectivity index (χ2n) is 18.6. The summed E-state index contributed by atoms with van der Waals surface area (Å²) in [5.41, 5.74) is 20.8. The average Bonchev–Trinajstić information content (AvgIpc) is 3.98. The zero-order valence-corrected chi connectivity index (χ0v) is 39.2. The number of benzene rings is 10. The van der Waals surface area contributed by atoms with E-state index in [1.807, 2.05) is 0 Å². The maximum atomic E-state index is 5.47. The Balaban J connectivity index is 0.934. The van der Waals surface area contributed by atoms with E-state index in [4.69, 9.17) is 9.97 Å². The summed E-state index contributed by atoms with van der Waals surface area (Å²) in [4.78, 5) is 10.7. The molecule has 0 spiro atoms. The first-order valence-corrected chi connectivity index (χ1v) is 24.6. The number of hydrogen-bond donors (Lipinski definition) is 0. The minimum atomic E-state index is 0.924. The summed E-state index contributed by atoms with van der Waals surface area (Å²) >= 11 is 0. The molecule has 0 saturated heterocycles. The molecule has 4 nitrogen and oxygen atoms in total. The lowest BCUT2D eigenvalue weighted by molar-refractivity contribution is 1.18. The SMILES string of the molecule is c1ccc(-c2cc(-c3ccccc3)nc(-c3ccc(-c4cc(-c5ccc6c(c5)c5ccccc5n6-c5ccccc5)nc5ccc(-c6ccc7c(c6)c6ccccc6n7-c6ccccc6)cc45)cc3)c2)cc1. The van der Waals surface area contributed by atoms with Crippen molar-refractivity contribution >= 4 is 54.5 Å². The van der Waals surface area contributed by atoms with Crippen LogP contribution < -0.4 is 0 Å². The van der Waals surface area contributed by atoms with Crippen molar-refractivity contribution in [2.24, 2.45) is 0 Å². The van der Waals surface area contributed by atoms with Gasteiger partial charge in [-0.25, -0.2) is 9.97 Å². The summed E-state index contributed by atoms with van der Waals surface area (Å²) in [7, 11) is 0. The first kappa shape index (κ1) is 41.3. The van der Waals surface area contributed by atoms with Crippen LogP contribution in [-0.4, -0.2) is 19.1 Å². The summed E-state index contributed by atoms with van der Waals surface area (Å²) in [5, 5.41) is 5.95. The highest BCUT2D eigenvalue weighted by Crippen LogP contribution is 2.41. The molecule has 0 amide bonds. The van der Waals surface area contributed by atoms with Crippen molar-refractivity contribution in [3.8, 4) is 78.5 Å². The molecule has 0 saturated carbocycles. The zero-order chi connectivity index (χ0) is 47.5. The van der Waals surface area contributed by atoms with Gasteiger partial charge in [-0.3, -0.25) is 0 Å². The molecule has 72 heavy (non-hydrogen) atoms. The lowest BCUT2D eigenvalue weighted by Crippen LogP contribution is -1.94. The van der Waals surface area contributed by atoms with Crippen LogP contribution in [0.3, 0.4) is 0 Å². The molecular weight excluding hydrogens is 873 g/mol. The number of pyridine rings is 2. The Morgan fingerprint density at radius 2 is 0.625 bits per heavy atom. The highest BCUT2D eigenvalue weighted by Gasteiger charge is 2.18. The number of nitrogens with zero attached hydrogens (tertiary/aromatic N) is 4. The highest BCUT2D eigenvalue weighted by atomic mass is 15.0. The largest absolute Gasteiger partial charge is 0.309 e. The Morgan fingerprint density at radius 3 is 1.21 bits per heavy atom. The van der Waals surface area contributed by atoms with Gasteiger partial charge in [0.2, 0.25) is 0 Å². The van der Waals surface area contributed by atoms with Gasteiger partial charge in [0.1, 0.15) is 0 Å². The van der Waals surface area contributed by atoms with Gasteiger partial charge in [0.05, 0.1) is 44.7 Å². The summed E-state index contributed by atoms with van der Waals surface area (Å²) in [6.45, 7) is 0. The van der Waals surface area contributed by atoms with E-state index in [9.17, 15) is 0 Å². The fourth-order valence-electron chi connectivity index (χ4n) is 10.8. The van der Waals surface area contributed by atoms with E-state index in [0.29, 0.717) is 0 Å². The van der Waals surface area contributed by atoms with Crippen LogP contribution in [0.25, 0.3) is 133 Å². The average molecular weight is 917 g/mol. The third-order valence-electron chi connectivity index (χ3n) is 14.3. The molecule has 10 aromatic carbocycles. The van der Waals surface area contributed by atoms with Crippen molar-refractivity contribution in [1.82, 2.24) is 19.1 Å². The number of fused-ring (bicyclic) bond motifs is 7. The van der Waals surface area contributed by atoms with Crippen LogP contribution in [0, 0.1) is 0 Å². The molecular formula is C68H44N4. The van der Waals surface area contributed by atoms with Gasteiger partial charge in [-0.2, -0.15) is 0 Å². The summed E-state index contributed by atoms with van der Waals surface area (Å²) < 4.78 is 4.73. The van der Waals surface area contributed by atoms with E-state index in [2.05, 4.69) is 276 Å². The molecule has 0 radical (unpaired) electrons. The van der Waals surface area contributed by atoms with Crippen LogP contribution in [0.4, 0.5) is 0 Å². The molecule has 0 unspecified atom stereocenters. The van der Waals surface area contributed by atoms with Crippen LogP contribution in [0.1, 0.15) is 0 Å². The minimum absolute atomic E-state index is 0.924. The van der Waals surface area contributed by atoms with Crippen molar-refractivity contribution < 1.29 is 0 Å². The van der Waals surface area contributed by atoms with E-state index >= 15 is 0 Å². The van der Waals surface area contributed by atoms with Crippen molar-refractivity contribution in [3.05, 3.63) is 267 Å². The van der Waals surface area contributed by atoms with Crippen LogP contribution >= 0.6 is 0 Å². The van der Waals surface area contributed by atoms with Crippen LogP contribution in [0.5, 0.6) is 0 Å². The monoisotopic (exact) mass is 916 g/mol. The second-order valence-corrected chi connectivity index (χ2v) is 18.6. The summed E-state index contributed by atoms with van der Waals surface area (Å²) in [5.74, 6) is 0. The molecule has 336 valence electrons. The molecule has 4 aromatic heterocycles. The number of rotatable bonds is 8. The van der Waals surface area contributed by atoms with E-state index in [1.165, 1.54) is 38.1 Å². The van der Waals surface area contributed by atoms with Gasteiger partial charge in [0, 0.05) is 55.0 Å². The van der Waals surface area contributed by atoms with Gasteiger partial charge in [-0.15, -0.1) is 0 Å². The number of para-hydroxylation sites is 4. The lowest BCUT2D eigenvalue weighted by atomic mass is 9.93. The molecule has 0 bridgehead atoms. The Morgan fingerprint density at radius 1 is 0.222 bits per heavy atom. The van der Waals surface area contributed by atoms with E-state index in [1.54, 1.807) is 0 Å². The number of aromatic nitrogens is 4. The molecule has 0 atom stereocenters. The van der Waals surface area contributed by atoms with Gasteiger partial charge >= 0.3 is 0 Å². The smallest absolute Gasteiger partial charge is 0.0716 e. The first-order valence-electron chi connectivity index (χ1n) is 24.6. The topological polar surface area (TPSA) is 35.6 Å². The highest BCUT2D eigenvalue weighted by molar-refractivity contribution is 6.12. The fourth-order valence-corrected chi connectivity index (χ4v) is 10.8. The Labute approximate surface area is 417 Å². The fraction of sp³-hybridized carbons (Fsp3) is 0. The Bertz CT molecular complexity index is 4290. The Hall–Kier alpha value is -9.64. The van der Waals surface area contributed by atoms with Crippen molar-refractivity contribution in [3.63, 3.8) is 0 Å². The molecule has 0 aliphatic rings. The van der Waals surface area contributed by atoms with E-state index < -0.39 is 0 Å². The molecule has 4 heterocycles. The van der Waals surface area contributed by atoms with Crippen LogP contribution in [0.2, 0.25) is 0 Å². The predicted octanol–water partition coefficient (Wildman–Crippen LogP) is 17.8. The molecule has 0 N–H and O–H groups in total. The third-order valence-corrected chi connectivity index (χ3v) is 14.3. The molecule has 14 aromatic rings. The minimum Gasteiger partial charge on any atom is -0.309 e. The zero-order valence-electron chi connectivity index (χ0n) is 39.2. The van der Waals surface area contributed by atoms with Crippen LogP contribution in [0.15, 0.2) is 267 Å². The van der Waals surface area contributed by atoms with Crippen molar-refractivity contribution in [2.45, 2.75) is 0 Å². The van der Waals surface area contributed by atoms with Crippen molar-refractivity contribution in [1.29, 1.82) is 0 Å². The van der Waals surface area contributed by atoms with Crippen molar-refractivity contribution in [2.75, 3.05) is 0 Å². The van der Waals surface area contributed by atoms with Gasteiger partial charge in [0.15, 0.2) is 0 Å². The standard InChI is InChI=1S/C68H44N4/c1-5-17-45(18-6-1)52-42-62(47-19-7-2-8-20-47)70-63(43-52)48-31-29-46(30-32-48)57-44-64(51-35-38-68-60(41-51)56-26-14-16-28-66(56)72(68)54-23-11-4-12-24-54)69-61-36-33-49(39-58(57)61)50-34-37-67-59(40-50)55-25-13-15-27-65(55)71(67)53-21-9-3-10-22-53/h1-44H. The van der Waals surface area contributed by atoms with Gasteiger partial charge in [0.25, 0.3) is 0 Å². The van der Waals surface area contributed by atoms with E-state index in [-0.39, 0.29) is 0 Å². The quantitative estimate of drug-likeness (QED) is 0.152.